The van der Waals surface area contributed by atoms with Gasteiger partial charge < -0.3 is 9.47 Å². The monoisotopic (exact) mass is 266 g/mol. The summed E-state index contributed by atoms with van der Waals surface area (Å²) < 4.78 is 23.9. The van der Waals surface area contributed by atoms with E-state index in [4.69, 9.17) is 21.1 Å². The molecule has 94 valence electrons. The fourth-order valence-corrected chi connectivity index (χ4v) is 1.61. The SMILES string of the molecule is Fc1ccccc1OCCOc1cccc(Cl)c1. The molecule has 2 rings (SSSR count). The van der Waals surface area contributed by atoms with E-state index >= 15 is 0 Å². The summed E-state index contributed by atoms with van der Waals surface area (Å²) in [6.45, 7) is 0.599. The molecule has 2 aromatic carbocycles. The Morgan fingerprint density at radius 3 is 2.50 bits per heavy atom. The molecule has 0 aromatic heterocycles. The van der Waals surface area contributed by atoms with Crippen molar-refractivity contribution in [1.82, 2.24) is 0 Å². The van der Waals surface area contributed by atoms with Crippen LogP contribution in [0.15, 0.2) is 48.5 Å². The van der Waals surface area contributed by atoms with Gasteiger partial charge in [0.1, 0.15) is 19.0 Å². The first kappa shape index (κ1) is 12.7. The molecule has 0 spiro atoms. The van der Waals surface area contributed by atoms with E-state index in [9.17, 15) is 4.39 Å². The van der Waals surface area contributed by atoms with Crippen LogP contribution in [-0.2, 0) is 0 Å². The lowest BCUT2D eigenvalue weighted by molar-refractivity contribution is 0.211. The second-order valence-corrected chi connectivity index (χ2v) is 4.02. The normalized spacial score (nSPS) is 10.1. The molecule has 2 nitrogen and oxygen atoms in total. The molecule has 0 saturated heterocycles. The minimum Gasteiger partial charge on any atom is -0.490 e. The van der Waals surface area contributed by atoms with Crippen molar-refractivity contribution in [3.8, 4) is 11.5 Å². The van der Waals surface area contributed by atoms with Gasteiger partial charge in [-0.25, -0.2) is 4.39 Å². The molecule has 0 bridgehead atoms. The minimum atomic E-state index is -0.375. The first-order chi connectivity index (χ1) is 8.75. The summed E-state index contributed by atoms with van der Waals surface area (Å²) in [6.07, 6.45) is 0. The van der Waals surface area contributed by atoms with Crippen LogP contribution in [-0.4, -0.2) is 13.2 Å². The fraction of sp³-hybridized carbons (Fsp3) is 0.143. The maximum absolute atomic E-state index is 13.2. The molecule has 18 heavy (non-hydrogen) atoms. The van der Waals surface area contributed by atoms with Crippen molar-refractivity contribution in [2.24, 2.45) is 0 Å². The summed E-state index contributed by atoms with van der Waals surface area (Å²) in [7, 11) is 0. The summed E-state index contributed by atoms with van der Waals surface area (Å²) in [5.41, 5.74) is 0. The summed E-state index contributed by atoms with van der Waals surface area (Å²) in [4.78, 5) is 0. The number of halogens is 2. The molecular weight excluding hydrogens is 255 g/mol. The van der Waals surface area contributed by atoms with E-state index in [1.807, 2.05) is 0 Å². The average molecular weight is 267 g/mol. The first-order valence-electron chi connectivity index (χ1n) is 5.51. The average Bonchev–Trinajstić information content (AvgIpc) is 2.37. The molecule has 0 fully saturated rings. The van der Waals surface area contributed by atoms with Gasteiger partial charge in [0.2, 0.25) is 0 Å². The van der Waals surface area contributed by atoms with Gasteiger partial charge >= 0.3 is 0 Å². The summed E-state index contributed by atoms with van der Waals surface area (Å²) in [5.74, 6) is 0.520. The Kier molecular flexibility index (Phi) is 4.42. The number of para-hydroxylation sites is 1. The van der Waals surface area contributed by atoms with Crippen molar-refractivity contribution in [3.63, 3.8) is 0 Å². The van der Waals surface area contributed by atoms with E-state index in [1.54, 1.807) is 42.5 Å². The lowest BCUT2D eigenvalue weighted by Gasteiger charge is -2.08. The summed E-state index contributed by atoms with van der Waals surface area (Å²) in [5, 5.41) is 0.613. The van der Waals surface area contributed by atoms with Crippen molar-refractivity contribution >= 4 is 11.6 Å². The van der Waals surface area contributed by atoms with Gasteiger partial charge in [-0.3, -0.25) is 0 Å². The highest BCUT2D eigenvalue weighted by Gasteiger charge is 2.01. The maximum Gasteiger partial charge on any atom is 0.165 e. The molecule has 0 radical (unpaired) electrons. The van der Waals surface area contributed by atoms with Crippen LogP contribution in [0.2, 0.25) is 5.02 Å². The van der Waals surface area contributed by atoms with Crippen molar-refractivity contribution in [1.29, 1.82) is 0 Å². The molecular formula is C14H12ClFO2. The first-order valence-corrected chi connectivity index (χ1v) is 5.89. The molecule has 4 heteroatoms. The third-order valence-electron chi connectivity index (χ3n) is 2.24. The summed E-state index contributed by atoms with van der Waals surface area (Å²) in [6, 6.07) is 13.3. The van der Waals surface area contributed by atoms with E-state index in [-0.39, 0.29) is 18.2 Å². The molecule has 0 aliphatic heterocycles. The van der Waals surface area contributed by atoms with Gasteiger partial charge in [-0.1, -0.05) is 29.8 Å². The summed E-state index contributed by atoms with van der Waals surface area (Å²) >= 11 is 5.81. The zero-order valence-corrected chi connectivity index (χ0v) is 10.4. The van der Waals surface area contributed by atoms with Crippen LogP contribution in [0.25, 0.3) is 0 Å². The highest BCUT2D eigenvalue weighted by molar-refractivity contribution is 6.30. The van der Waals surface area contributed by atoms with Gasteiger partial charge in [-0.2, -0.15) is 0 Å². The largest absolute Gasteiger partial charge is 0.490 e. The van der Waals surface area contributed by atoms with Crippen LogP contribution in [0.3, 0.4) is 0 Å². The number of rotatable bonds is 5. The Bertz CT molecular complexity index is 517. The predicted octanol–water partition coefficient (Wildman–Crippen LogP) is 3.94. The Balaban J connectivity index is 1.78. The number of hydrogen-bond acceptors (Lipinski definition) is 2. The number of ether oxygens (including phenoxy) is 2. The quantitative estimate of drug-likeness (QED) is 0.763. The molecule has 0 unspecified atom stereocenters. The lowest BCUT2D eigenvalue weighted by atomic mass is 10.3. The predicted molar refractivity (Wildman–Crippen MR) is 68.8 cm³/mol. The molecule has 0 N–H and O–H groups in total. The molecule has 0 atom stereocenters. The topological polar surface area (TPSA) is 18.5 Å². The Hall–Kier alpha value is -1.74. The maximum atomic E-state index is 13.2. The Morgan fingerprint density at radius 2 is 1.72 bits per heavy atom. The third-order valence-corrected chi connectivity index (χ3v) is 2.48. The van der Waals surface area contributed by atoms with Crippen LogP contribution >= 0.6 is 11.6 Å². The van der Waals surface area contributed by atoms with Crippen LogP contribution in [0.4, 0.5) is 4.39 Å². The van der Waals surface area contributed by atoms with E-state index in [0.29, 0.717) is 17.4 Å². The van der Waals surface area contributed by atoms with E-state index in [1.165, 1.54) is 6.07 Å². The Morgan fingerprint density at radius 1 is 0.944 bits per heavy atom. The second-order valence-electron chi connectivity index (χ2n) is 3.58. The van der Waals surface area contributed by atoms with Crippen LogP contribution < -0.4 is 9.47 Å². The van der Waals surface area contributed by atoms with E-state index < -0.39 is 0 Å². The zero-order valence-electron chi connectivity index (χ0n) is 9.61. The molecule has 2 aromatic rings. The van der Waals surface area contributed by atoms with Crippen LogP contribution in [0.1, 0.15) is 0 Å². The highest BCUT2D eigenvalue weighted by Crippen LogP contribution is 2.18. The van der Waals surface area contributed by atoms with Gasteiger partial charge in [-0.15, -0.1) is 0 Å². The minimum absolute atomic E-state index is 0.229. The van der Waals surface area contributed by atoms with Crippen molar-refractivity contribution in [2.75, 3.05) is 13.2 Å². The van der Waals surface area contributed by atoms with Gasteiger partial charge in [0, 0.05) is 5.02 Å². The second kappa shape index (κ2) is 6.26. The Labute approximate surface area is 110 Å². The van der Waals surface area contributed by atoms with E-state index in [2.05, 4.69) is 0 Å². The molecule has 0 aliphatic carbocycles. The number of benzene rings is 2. The van der Waals surface area contributed by atoms with Gasteiger partial charge in [-0.05, 0) is 30.3 Å². The molecule has 0 amide bonds. The molecule has 0 saturated carbocycles. The van der Waals surface area contributed by atoms with E-state index in [0.717, 1.165) is 0 Å². The fourth-order valence-electron chi connectivity index (χ4n) is 1.43. The smallest absolute Gasteiger partial charge is 0.165 e. The number of hydrogen-bond donors (Lipinski definition) is 0. The van der Waals surface area contributed by atoms with Gasteiger partial charge in [0.15, 0.2) is 11.6 Å². The van der Waals surface area contributed by atoms with Crippen LogP contribution in [0, 0.1) is 5.82 Å². The van der Waals surface area contributed by atoms with Crippen molar-refractivity contribution in [3.05, 3.63) is 59.4 Å². The van der Waals surface area contributed by atoms with Crippen molar-refractivity contribution < 1.29 is 13.9 Å². The standard InChI is InChI=1S/C14H12ClFO2/c15-11-4-3-5-12(10-11)17-8-9-18-14-7-2-1-6-13(14)16/h1-7,10H,8-9H2. The van der Waals surface area contributed by atoms with Crippen LogP contribution in [0.5, 0.6) is 11.5 Å². The zero-order chi connectivity index (χ0) is 12.8. The third kappa shape index (κ3) is 3.64. The molecule has 0 aliphatic rings. The van der Waals surface area contributed by atoms with Gasteiger partial charge in [0.25, 0.3) is 0 Å². The highest BCUT2D eigenvalue weighted by atomic mass is 35.5. The van der Waals surface area contributed by atoms with Gasteiger partial charge in [0.05, 0.1) is 0 Å². The molecule has 0 heterocycles. The lowest BCUT2D eigenvalue weighted by Crippen LogP contribution is -2.09. The van der Waals surface area contributed by atoms with Crippen molar-refractivity contribution in [2.45, 2.75) is 0 Å².